The molecule has 0 radical (unpaired) electrons. The summed E-state index contributed by atoms with van der Waals surface area (Å²) in [5.74, 6) is 0.113. The molecule has 1 aliphatic carbocycles. The Morgan fingerprint density at radius 1 is 1.30 bits per heavy atom. The Labute approximate surface area is 132 Å². The number of ether oxygens (including phenoxy) is 1. The van der Waals surface area contributed by atoms with Crippen LogP contribution in [0.4, 0.5) is 20.8 Å². The summed E-state index contributed by atoms with van der Waals surface area (Å²) in [6.07, 6.45) is 1.22. The van der Waals surface area contributed by atoms with E-state index in [1.807, 2.05) is 13.0 Å². The molecule has 1 saturated carbocycles. The summed E-state index contributed by atoms with van der Waals surface area (Å²) in [4.78, 5) is 25.4. The number of anilines is 2. The van der Waals surface area contributed by atoms with Gasteiger partial charge in [0.1, 0.15) is 5.82 Å². The summed E-state index contributed by atoms with van der Waals surface area (Å²) in [7, 11) is 1.19. The fraction of sp³-hybridized carbons (Fsp3) is 0.312. The predicted molar refractivity (Wildman–Crippen MR) is 80.8 cm³/mol. The Morgan fingerprint density at radius 2 is 2.09 bits per heavy atom. The number of hydrogen-bond acceptors (Lipinski definition) is 6. The van der Waals surface area contributed by atoms with Crippen LogP contribution in [0.2, 0.25) is 0 Å². The summed E-state index contributed by atoms with van der Waals surface area (Å²) >= 11 is 0. The first kappa shape index (κ1) is 15.2. The lowest BCUT2D eigenvalue weighted by Crippen LogP contribution is -2.25. The molecule has 0 amide bonds. The van der Waals surface area contributed by atoms with Crippen LogP contribution in [0, 0.1) is 12.7 Å². The van der Waals surface area contributed by atoms with Gasteiger partial charge in [0.05, 0.1) is 12.8 Å². The molecule has 0 bridgehead atoms. The van der Waals surface area contributed by atoms with E-state index >= 15 is 0 Å². The summed E-state index contributed by atoms with van der Waals surface area (Å²) in [6.45, 7) is 1.83. The summed E-state index contributed by atoms with van der Waals surface area (Å²) in [6, 6.07) is 7.53. The fourth-order valence-corrected chi connectivity index (χ4v) is 2.18. The Morgan fingerprint density at radius 3 is 2.74 bits per heavy atom. The van der Waals surface area contributed by atoms with E-state index in [4.69, 9.17) is 4.84 Å². The highest BCUT2D eigenvalue weighted by atomic mass is 19.1. The molecule has 0 unspecified atom stereocenters. The van der Waals surface area contributed by atoms with Gasteiger partial charge in [-0.3, -0.25) is 4.84 Å². The highest BCUT2D eigenvalue weighted by Gasteiger charge is 2.28. The van der Waals surface area contributed by atoms with Gasteiger partial charge in [0, 0.05) is 23.4 Å². The number of carbonyl (C=O) groups is 1. The van der Waals surface area contributed by atoms with Crippen molar-refractivity contribution in [1.29, 1.82) is 0 Å². The minimum Gasteiger partial charge on any atom is -0.436 e. The molecular weight excluding hydrogens is 301 g/mol. The van der Waals surface area contributed by atoms with E-state index in [-0.39, 0.29) is 5.95 Å². The number of aryl methyl sites for hydroxylation is 1. The number of benzene rings is 1. The zero-order valence-corrected chi connectivity index (χ0v) is 12.8. The van der Waals surface area contributed by atoms with E-state index in [1.165, 1.54) is 25.3 Å². The van der Waals surface area contributed by atoms with Crippen molar-refractivity contribution in [2.45, 2.75) is 25.7 Å². The number of halogens is 1. The van der Waals surface area contributed by atoms with Crippen LogP contribution in [0.25, 0.3) is 0 Å². The molecule has 0 saturated heterocycles. The second-order valence-corrected chi connectivity index (χ2v) is 5.33. The normalized spacial score (nSPS) is 13.5. The van der Waals surface area contributed by atoms with Gasteiger partial charge in [-0.05, 0) is 38.0 Å². The number of aromatic nitrogens is 2. The molecule has 1 aliphatic rings. The van der Waals surface area contributed by atoms with E-state index in [2.05, 4.69) is 14.7 Å². The highest BCUT2D eigenvalue weighted by Crippen LogP contribution is 2.40. The molecule has 1 aromatic carbocycles. The van der Waals surface area contributed by atoms with Crippen molar-refractivity contribution in [3.63, 3.8) is 0 Å². The van der Waals surface area contributed by atoms with Crippen molar-refractivity contribution in [3.8, 4) is 0 Å². The molecule has 0 N–H and O–H groups in total. The van der Waals surface area contributed by atoms with Crippen LogP contribution in [-0.2, 0) is 9.57 Å². The van der Waals surface area contributed by atoms with E-state index in [1.54, 1.807) is 6.07 Å². The molecule has 6 nitrogen and oxygen atoms in total. The van der Waals surface area contributed by atoms with Crippen LogP contribution >= 0.6 is 0 Å². The Bertz CT molecular complexity index is 734. The molecule has 3 rings (SSSR count). The van der Waals surface area contributed by atoms with Crippen LogP contribution in [0.3, 0.4) is 0 Å². The minimum absolute atomic E-state index is 0.169. The van der Waals surface area contributed by atoms with Crippen molar-refractivity contribution in [2.24, 2.45) is 0 Å². The largest absolute Gasteiger partial charge is 0.533 e. The second-order valence-electron chi connectivity index (χ2n) is 5.33. The summed E-state index contributed by atoms with van der Waals surface area (Å²) in [5, 5.41) is 1.08. The first-order valence-electron chi connectivity index (χ1n) is 7.24. The van der Waals surface area contributed by atoms with Gasteiger partial charge >= 0.3 is 6.16 Å². The first-order valence-corrected chi connectivity index (χ1v) is 7.24. The lowest BCUT2D eigenvalue weighted by molar-refractivity contribution is 0.0714. The van der Waals surface area contributed by atoms with Crippen LogP contribution in [0.15, 0.2) is 30.3 Å². The molecule has 1 aromatic heterocycles. The maximum atomic E-state index is 13.5. The quantitative estimate of drug-likeness (QED) is 0.633. The van der Waals surface area contributed by atoms with Crippen molar-refractivity contribution in [2.75, 3.05) is 12.2 Å². The molecular formula is C16H16FN3O3. The van der Waals surface area contributed by atoms with E-state index in [0.29, 0.717) is 11.6 Å². The Hall–Kier alpha value is -2.70. The van der Waals surface area contributed by atoms with Gasteiger partial charge in [0.25, 0.3) is 5.95 Å². The van der Waals surface area contributed by atoms with Crippen LogP contribution in [-0.4, -0.2) is 23.2 Å². The third kappa shape index (κ3) is 3.56. The van der Waals surface area contributed by atoms with Crippen LogP contribution in [0.5, 0.6) is 0 Å². The van der Waals surface area contributed by atoms with E-state index in [0.717, 1.165) is 29.3 Å². The van der Waals surface area contributed by atoms with Gasteiger partial charge in [0.15, 0.2) is 0 Å². The van der Waals surface area contributed by atoms with Gasteiger partial charge in [-0.25, -0.2) is 19.2 Å². The SMILES string of the molecule is COC(=O)ON(c1cccc(F)c1)c1nc(C)cc(C2CC2)n1. The number of carbonyl (C=O) groups excluding carboxylic acids is 1. The molecule has 0 aliphatic heterocycles. The predicted octanol–water partition coefficient (Wildman–Crippen LogP) is 3.64. The van der Waals surface area contributed by atoms with Crippen LogP contribution in [0.1, 0.15) is 30.1 Å². The van der Waals surface area contributed by atoms with Crippen molar-refractivity contribution in [1.82, 2.24) is 9.97 Å². The number of hydrogen-bond donors (Lipinski definition) is 0. The Kier molecular flexibility index (Phi) is 4.10. The summed E-state index contributed by atoms with van der Waals surface area (Å²) < 4.78 is 18.0. The molecule has 7 heteroatoms. The zero-order chi connectivity index (χ0) is 16.4. The number of methoxy groups -OCH3 is 1. The van der Waals surface area contributed by atoms with Gasteiger partial charge in [-0.15, -0.1) is 5.06 Å². The Balaban J connectivity index is 2.02. The molecule has 120 valence electrons. The maximum absolute atomic E-state index is 13.5. The highest BCUT2D eigenvalue weighted by molar-refractivity contribution is 5.65. The van der Waals surface area contributed by atoms with Gasteiger partial charge in [0.2, 0.25) is 0 Å². The number of rotatable bonds is 4. The number of nitrogens with zero attached hydrogens (tertiary/aromatic N) is 3. The smallest absolute Gasteiger partial charge is 0.436 e. The zero-order valence-electron chi connectivity index (χ0n) is 12.8. The average molecular weight is 317 g/mol. The van der Waals surface area contributed by atoms with Crippen LogP contribution < -0.4 is 5.06 Å². The van der Waals surface area contributed by atoms with Crippen molar-refractivity contribution >= 4 is 17.8 Å². The molecule has 2 aromatic rings. The average Bonchev–Trinajstić information content (AvgIpc) is 3.36. The standard InChI is InChI=1S/C16H16FN3O3/c1-10-8-14(11-6-7-11)19-15(18-10)20(23-16(21)22-2)13-5-3-4-12(17)9-13/h3-5,8-9,11H,6-7H2,1-2H3. The molecule has 0 atom stereocenters. The molecule has 23 heavy (non-hydrogen) atoms. The van der Waals surface area contributed by atoms with E-state index in [9.17, 15) is 9.18 Å². The third-order valence-electron chi connectivity index (χ3n) is 3.41. The summed E-state index contributed by atoms with van der Waals surface area (Å²) in [5.41, 5.74) is 1.93. The molecule has 1 heterocycles. The van der Waals surface area contributed by atoms with Crippen molar-refractivity contribution in [3.05, 3.63) is 47.5 Å². The monoisotopic (exact) mass is 317 g/mol. The topological polar surface area (TPSA) is 64.6 Å². The second kappa shape index (κ2) is 6.20. The lowest BCUT2D eigenvalue weighted by atomic mass is 10.2. The lowest BCUT2D eigenvalue weighted by Gasteiger charge is -2.21. The van der Waals surface area contributed by atoms with Gasteiger partial charge in [-0.2, -0.15) is 0 Å². The molecule has 0 spiro atoms. The van der Waals surface area contributed by atoms with Gasteiger partial charge in [-0.1, -0.05) is 6.07 Å². The van der Waals surface area contributed by atoms with Crippen molar-refractivity contribution < 1.29 is 18.8 Å². The minimum atomic E-state index is -0.938. The maximum Gasteiger partial charge on any atom is 0.533 e. The molecule has 1 fully saturated rings. The van der Waals surface area contributed by atoms with E-state index < -0.39 is 12.0 Å². The third-order valence-corrected chi connectivity index (χ3v) is 3.41. The first-order chi connectivity index (χ1) is 11.1. The fourth-order valence-electron chi connectivity index (χ4n) is 2.18. The van der Waals surface area contributed by atoms with Gasteiger partial charge < -0.3 is 4.74 Å².